The van der Waals surface area contributed by atoms with E-state index in [0.29, 0.717) is 55.1 Å². The maximum absolute atomic E-state index is 12.5. The molecule has 1 atom stereocenters. The fourth-order valence-corrected chi connectivity index (χ4v) is 7.25. The minimum Gasteiger partial charge on any atom is -0.481 e. The Morgan fingerprint density at radius 1 is 0.773 bits per heavy atom. The highest BCUT2D eigenvalue weighted by Gasteiger charge is 2.45. The van der Waals surface area contributed by atoms with Gasteiger partial charge in [0, 0.05) is 71.6 Å². The Morgan fingerprint density at radius 2 is 1.27 bits per heavy atom. The zero-order chi connectivity index (χ0) is 31.9. The summed E-state index contributed by atoms with van der Waals surface area (Å²) in [6.45, 7) is 9.63. The average Bonchev–Trinajstić information content (AvgIpc) is 3.53. The smallest absolute Gasteiger partial charge is 0.303 e. The number of aliphatic carboxylic acids is 2. The lowest BCUT2D eigenvalue weighted by molar-refractivity contribution is -0.138. The highest BCUT2D eigenvalue weighted by Crippen LogP contribution is 2.33. The standard InChI is InChI=1S/C33H38N4O6S/c1-6-19-15(2)24(36-33(19)43)11-22-16(3)20(7-9-29(38)39)25(34-22)13-26-21(8-10-30(40)41)17(4)23(35-26)12-27-31(28-14-44-28)18(5)32(42)37-27/h28,34-35H,6-14H2,1-5H3,(H,38,39)(H,40,41)/p+1/t28-/m1/s1. The molecule has 5 rings (SSSR count). The van der Waals surface area contributed by atoms with Crippen molar-refractivity contribution in [3.05, 3.63) is 67.3 Å². The number of amides is 2. The number of H-pyrrole nitrogens is 2. The summed E-state index contributed by atoms with van der Waals surface area (Å²) in [5.74, 6) is -1.14. The second-order valence-corrected chi connectivity index (χ2v) is 13.1. The fraction of sp³-hybridized carbons (Fsp3) is 0.455. The van der Waals surface area contributed by atoms with Gasteiger partial charge < -0.3 is 20.2 Å². The Bertz CT molecular complexity index is 1710. The van der Waals surface area contributed by atoms with Crippen LogP contribution in [0.4, 0.5) is 0 Å². The topological polar surface area (TPSA) is 165 Å². The third-order valence-corrected chi connectivity index (χ3v) is 10.1. The number of carbonyl (C=O) groups is 4. The van der Waals surface area contributed by atoms with Crippen LogP contribution in [0.15, 0.2) is 32.3 Å². The van der Waals surface area contributed by atoms with Crippen molar-refractivity contribution in [3.63, 3.8) is 0 Å². The monoisotopic (exact) mass is 619 g/mol. The number of aromatic amines is 2. The first-order valence-corrected chi connectivity index (χ1v) is 16.2. The molecule has 0 aliphatic carbocycles. The van der Waals surface area contributed by atoms with Gasteiger partial charge in [-0.3, -0.25) is 19.2 Å². The largest absolute Gasteiger partial charge is 0.481 e. The minimum atomic E-state index is -0.892. The summed E-state index contributed by atoms with van der Waals surface area (Å²) in [6.07, 6.45) is 2.51. The number of nitrogens with one attached hydrogen (secondary N) is 2. The van der Waals surface area contributed by atoms with Crippen LogP contribution < -0.4 is 0 Å². The minimum absolute atomic E-state index is 0.0319. The van der Waals surface area contributed by atoms with Crippen LogP contribution in [-0.2, 0) is 63.0 Å². The molecule has 44 heavy (non-hydrogen) atoms. The van der Waals surface area contributed by atoms with Crippen molar-refractivity contribution >= 4 is 46.9 Å². The molecule has 232 valence electrons. The van der Waals surface area contributed by atoms with Gasteiger partial charge in [-0.1, -0.05) is 6.92 Å². The number of thiol groups is 1. The van der Waals surface area contributed by atoms with Gasteiger partial charge in [0.25, 0.3) is 11.8 Å². The summed E-state index contributed by atoms with van der Waals surface area (Å²) in [5, 5.41) is 19.3. The predicted octanol–water partition coefficient (Wildman–Crippen LogP) is 3.87. The van der Waals surface area contributed by atoms with Gasteiger partial charge in [0.15, 0.2) is 11.0 Å². The molecule has 1 saturated heterocycles. The van der Waals surface area contributed by atoms with Crippen molar-refractivity contribution in [3.8, 4) is 0 Å². The van der Waals surface area contributed by atoms with Crippen LogP contribution in [0.2, 0.25) is 0 Å². The Balaban J connectivity index is 1.50. The number of nitrogens with zero attached hydrogens (tertiary/aromatic N) is 2. The highest BCUT2D eigenvalue weighted by atomic mass is 32.2. The Labute approximate surface area is 260 Å². The molecule has 0 radical (unpaired) electrons. The third-order valence-electron chi connectivity index (χ3n) is 9.07. The van der Waals surface area contributed by atoms with Gasteiger partial charge in [-0.2, -0.15) is 0 Å². The molecule has 5 heterocycles. The van der Waals surface area contributed by atoms with E-state index in [9.17, 15) is 29.4 Å². The van der Waals surface area contributed by atoms with Crippen LogP contribution in [0.3, 0.4) is 0 Å². The molecule has 3 aliphatic rings. The molecule has 2 aromatic rings. The summed E-state index contributed by atoms with van der Waals surface area (Å²) >= 11 is 1.30. The second-order valence-electron chi connectivity index (χ2n) is 11.8. The second kappa shape index (κ2) is 12.6. The fourth-order valence-electron chi connectivity index (χ4n) is 6.43. The molecule has 0 aromatic carbocycles. The predicted molar refractivity (Wildman–Crippen MR) is 171 cm³/mol. The molecular weight excluding hydrogens is 580 g/mol. The van der Waals surface area contributed by atoms with E-state index < -0.39 is 11.9 Å². The Kier molecular flexibility index (Phi) is 8.97. The van der Waals surface area contributed by atoms with Crippen LogP contribution >= 0.6 is 0 Å². The number of rotatable bonds is 14. The van der Waals surface area contributed by atoms with Crippen molar-refractivity contribution in [2.45, 2.75) is 91.2 Å². The summed E-state index contributed by atoms with van der Waals surface area (Å²) in [7, 11) is 0. The van der Waals surface area contributed by atoms with Gasteiger partial charge >= 0.3 is 11.9 Å². The van der Waals surface area contributed by atoms with Crippen molar-refractivity contribution in [2.24, 2.45) is 9.98 Å². The zero-order valence-corrected chi connectivity index (χ0v) is 26.7. The van der Waals surface area contributed by atoms with E-state index in [4.69, 9.17) is 0 Å². The average molecular weight is 620 g/mol. The van der Waals surface area contributed by atoms with Gasteiger partial charge in [-0.15, -0.1) is 0 Å². The summed E-state index contributed by atoms with van der Waals surface area (Å²) in [6, 6.07) is 0. The van der Waals surface area contributed by atoms with Gasteiger partial charge in [0.1, 0.15) is 0 Å². The van der Waals surface area contributed by atoms with E-state index in [0.717, 1.165) is 73.2 Å². The molecule has 0 spiro atoms. The maximum Gasteiger partial charge on any atom is 0.303 e. The van der Waals surface area contributed by atoms with E-state index in [1.54, 1.807) is 0 Å². The van der Waals surface area contributed by atoms with Crippen LogP contribution in [-0.4, -0.2) is 66.4 Å². The number of carbonyl (C=O) groups excluding carboxylic acids is 2. The maximum atomic E-state index is 12.5. The summed E-state index contributed by atoms with van der Waals surface area (Å²) in [5.41, 5.74) is 12.1. The van der Waals surface area contributed by atoms with E-state index in [2.05, 4.69) is 20.0 Å². The molecule has 0 saturated carbocycles. The van der Waals surface area contributed by atoms with Crippen LogP contribution in [0, 0.1) is 13.8 Å². The number of hydrogen-bond donors (Lipinski definition) is 4. The van der Waals surface area contributed by atoms with E-state index >= 15 is 0 Å². The Hall–Kier alpha value is -3.99. The lowest BCUT2D eigenvalue weighted by atomic mass is 9.96. The Morgan fingerprint density at radius 3 is 1.73 bits per heavy atom. The van der Waals surface area contributed by atoms with Crippen LogP contribution in [0.25, 0.3) is 0 Å². The highest BCUT2D eigenvalue weighted by molar-refractivity contribution is 7.87. The molecule has 3 aliphatic heterocycles. The van der Waals surface area contributed by atoms with E-state index in [-0.39, 0.29) is 24.7 Å². The molecule has 0 unspecified atom stereocenters. The van der Waals surface area contributed by atoms with Crippen LogP contribution in [0.1, 0.15) is 85.1 Å². The lowest BCUT2D eigenvalue weighted by Gasteiger charge is -2.07. The van der Waals surface area contributed by atoms with E-state index in [1.807, 2.05) is 34.6 Å². The van der Waals surface area contributed by atoms with Crippen LogP contribution in [0.5, 0.6) is 0 Å². The first-order chi connectivity index (χ1) is 20.9. The van der Waals surface area contributed by atoms with Gasteiger partial charge in [0.2, 0.25) is 0 Å². The van der Waals surface area contributed by atoms with Gasteiger partial charge in [-0.05, 0) is 86.5 Å². The molecule has 2 aromatic heterocycles. The lowest BCUT2D eigenvalue weighted by Crippen LogP contribution is -2.11. The first-order valence-electron chi connectivity index (χ1n) is 15.0. The number of hydrogen-bond acceptors (Lipinski definition) is 4. The van der Waals surface area contributed by atoms with E-state index in [1.165, 1.54) is 11.8 Å². The zero-order valence-electron chi connectivity index (χ0n) is 25.8. The number of aliphatic imine (C=N–C) groups is 2. The molecule has 10 nitrogen and oxygen atoms in total. The van der Waals surface area contributed by atoms with Gasteiger partial charge in [-0.25, -0.2) is 9.98 Å². The molecule has 2 amide bonds. The normalized spacial score (nSPS) is 18.1. The number of carboxylic acid groups (broad SMARTS) is 2. The third kappa shape index (κ3) is 6.29. The number of allylic oxidation sites excluding steroid dienone is 1. The number of aromatic nitrogens is 2. The quantitative estimate of drug-likeness (QED) is 0.142. The summed E-state index contributed by atoms with van der Waals surface area (Å²) in [4.78, 5) is 63.8. The molecule has 0 bridgehead atoms. The SMILES string of the molecule is CCC1=C(C)C(Cc2[nH]c(Cc3[nH]c(CC4=NC(=O)C(C)=C4[C@H]4C[SH+]4)c(C)c3CCC(=O)O)c(CCC(=O)O)c2C)=NC1=O. The molecule has 11 heteroatoms. The van der Waals surface area contributed by atoms with Crippen molar-refractivity contribution in [1.82, 2.24) is 9.97 Å². The molecule has 4 N–H and O–H groups in total. The number of carboxylic acids is 2. The van der Waals surface area contributed by atoms with Crippen molar-refractivity contribution in [2.75, 3.05) is 5.75 Å². The summed E-state index contributed by atoms with van der Waals surface area (Å²) < 4.78 is 0. The van der Waals surface area contributed by atoms with Crippen molar-refractivity contribution in [1.29, 1.82) is 0 Å². The molecule has 1 fully saturated rings. The molecular formula is C33H39N4O6S+. The first kappa shape index (κ1) is 31.4. The van der Waals surface area contributed by atoms with Crippen molar-refractivity contribution < 1.29 is 29.4 Å². The van der Waals surface area contributed by atoms with Gasteiger partial charge in [0.05, 0.1) is 11.4 Å².